The fourth-order valence-corrected chi connectivity index (χ4v) is 2.73. The van der Waals surface area contributed by atoms with Crippen LogP contribution in [0.5, 0.6) is 5.88 Å². The lowest BCUT2D eigenvalue weighted by Crippen LogP contribution is -2.27. The number of aromatic amines is 1. The molecule has 0 spiro atoms. The highest BCUT2D eigenvalue weighted by atomic mass is 16.5. The molecule has 3 aromatic rings. The standard InChI is InChI=1S/C17H24N6O2/c1-6-25-15-12-7-8-18-14(12)20-16(21-15)19-13-10(2)22-23(11(13)3)9-17(4,5)24/h7-8,24H,6,9H2,1-5H3,(H2,18,19,20,21). The molecule has 0 aliphatic carbocycles. The molecule has 8 heteroatoms. The molecule has 0 saturated heterocycles. The lowest BCUT2D eigenvalue weighted by atomic mass is 10.1. The summed E-state index contributed by atoms with van der Waals surface area (Å²) < 4.78 is 7.41. The Hall–Kier alpha value is -2.61. The molecule has 0 bridgehead atoms. The predicted molar refractivity (Wildman–Crippen MR) is 96.3 cm³/mol. The van der Waals surface area contributed by atoms with E-state index in [9.17, 15) is 5.11 Å². The first-order chi connectivity index (χ1) is 11.8. The van der Waals surface area contributed by atoms with E-state index in [1.165, 1.54) is 0 Å². The second kappa shape index (κ2) is 6.36. The maximum absolute atomic E-state index is 10.0. The van der Waals surface area contributed by atoms with E-state index in [1.807, 2.05) is 33.0 Å². The Kier molecular flexibility index (Phi) is 4.38. The highest BCUT2D eigenvalue weighted by Crippen LogP contribution is 2.27. The van der Waals surface area contributed by atoms with Crippen molar-refractivity contribution in [1.82, 2.24) is 24.7 Å². The Balaban J connectivity index is 1.96. The Labute approximate surface area is 146 Å². The lowest BCUT2D eigenvalue weighted by molar-refractivity contribution is 0.0570. The first kappa shape index (κ1) is 17.2. The van der Waals surface area contributed by atoms with Gasteiger partial charge in [0.1, 0.15) is 5.65 Å². The number of aliphatic hydroxyl groups is 1. The predicted octanol–water partition coefficient (Wildman–Crippen LogP) is 2.68. The Morgan fingerprint density at radius 3 is 2.76 bits per heavy atom. The van der Waals surface area contributed by atoms with Gasteiger partial charge in [-0.15, -0.1) is 0 Å². The number of fused-ring (bicyclic) bond motifs is 1. The van der Waals surface area contributed by atoms with E-state index >= 15 is 0 Å². The minimum absolute atomic E-state index is 0.405. The molecule has 0 aliphatic rings. The molecule has 0 aliphatic heterocycles. The van der Waals surface area contributed by atoms with Crippen LogP contribution in [-0.4, -0.2) is 42.0 Å². The van der Waals surface area contributed by atoms with Gasteiger partial charge in [0.05, 0.1) is 41.2 Å². The molecular formula is C17H24N6O2. The molecule has 0 unspecified atom stereocenters. The summed E-state index contributed by atoms with van der Waals surface area (Å²) in [7, 11) is 0. The number of aryl methyl sites for hydroxylation is 1. The van der Waals surface area contributed by atoms with Crippen LogP contribution in [0.25, 0.3) is 11.0 Å². The summed E-state index contributed by atoms with van der Waals surface area (Å²) in [4.78, 5) is 12.1. The zero-order valence-corrected chi connectivity index (χ0v) is 15.2. The summed E-state index contributed by atoms with van der Waals surface area (Å²) in [5.74, 6) is 0.975. The van der Waals surface area contributed by atoms with E-state index in [1.54, 1.807) is 18.5 Å². The van der Waals surface area contributed by atoms with Gasteiger partial charge in [-0.05, 0) is 40.7 Å². The molecule has 3 N–H and O–H groups in total. The molecule has 3 aromatic heterocycles. The van der Waals surface area contributed by atoms with Crippen molar-refractivity contribution >= 4 is 22.7 Å². The maximum atomic E-state index is 10.0. The van der Waals surface area contributed by atoms with Gasteiger partial charge in [-0.25, -0.2) is 0 Å². The average molecular weight is 344 g/mol. The van der Waals surface area contributed by atoms with Crippen LogP contribution in [0.2, 0.25) is 0 Å². The van der Waals surface area contributed by atoms with E-state index < -0.39 is 5.60 Å². The fraction of sp³-hybridized carbons (Fsp3) is 0.471. The van der Waals surface area contributed by atoms with E-state index in [0.29, 0.717) is 30.6 Å². The van der Waals surface area contributed by atoms with Crippen molar-refractivity contribution in [3.8, 4) is 5.88 Å². The number of nitrogens with one attached hydrogen (secondary N) is 2. The summed E-state index contributed by atoms with van der Waals surface area (Å²) in [5, 5.41) is 18.6. The number of hydrogen-bond acceptors (Lipinski definition) is 6. The van der Waals surface area contributed by atoms with Gasteiger partial charge in [0.15, 0.2) is 0 Å². The van der Waals surface area contributed by atoms with E-state index in [2.05, 4.69) is 25.4 Å². The maximum Gasteiger partial charge on any atom is 0.232 e. The largest absolute Gasteiger partial charge is 0.477 e. The summed E-state index contributed by atoms with van der Waals surface area (Å²) in [5.41, 5.74) is 2.42. The Morgan fingerprint density at radius 1 is 1.32 bits per heavy atom. The van der Waals surface area contributed by atoms with Crippen molar-refractivity contribution in [1.29, 1.82) is 0 Å². The molecule has 3 rings (SSSR count). The third-order valence-electron chi connectivity index (χ3n) is 3.82. The fourth-order valence-electron chi connectivity index (χ4n) is 2.73. The monoisotopic (exact) mass is 344 g/mol. The van der Waals surface area contributed by atoms with Crippen molar-refractivity contribution in [3.63, 3.8) is 0 Å². The summed E-state index contributed by atoms with van der Waals surface area (Å²) in [6, 6.07) is 1.89. The van der Waals surface area contributed by atoms with Gasteiger partial charge in [-0.1, -0.05) is 0 Å². The van der Waals surface area contributed by atoms with Gasteiger partial charge < -0.3 is 20.1 Å². The second-order valence-electron chi connectivity index (χ2n) is 6.67. The van der Waals surface area contributed by atoms with Gasteiger partial charge in [0, 0.05) is 6.20 Å². The molecule has 134 valence electrons. The minimum Gasteiger partial charge on any atom is -0.477 e. The smallest absolute Gasteiger partial charge is 0.232 e. The SMILES string of the molecule is CCOc1nc(Nc2c(C)nn(CC(C)(C)O)c2C)nc2[nH]ccc12. The van der Waals surface area contributed by atoms with Gasteiger partial charge in [0.2, 0.25) is 11.8 Å². The van der Waals surface area contributed by atoms with Crippen molar-refractivity contribution in [3.05, 3.63) is 23.7 Å². The van der Waals surface area contributed by atoms with Crippen molar-refractivity contribution in [2.45, 2.75) is 46.8 Å². The molecule has 0 radical (unpaired) electrons. The van der Waals surface area contributed by atoms with Crippen LogP contribution in [0.15, 0.2) is 12.3 Å². The number of rotatable bonds is 6. The highest BCUT2D eigenvalue weighted by Gasteiger charge is 2.20. The third-order valence-corrected chi connectivity index (χ3v) is 3.82. The minimum atomic E-state index is -0.845. The first-order valence-electron chi connectivity index (χ1n) is 8.30. The highest BCUT2D eigenvalue weighted by molar-refractivity contribution is 5.82. The van der Waals surface area contributed by atoms with Crippen molar-refractivity contribution in [2.24, 2.45) is 0 Å². The zero-order chi connectivity index (χ0) is 18.2. The van der Waals surface area contributed by atoms with Crippen LogP contribution in [0, 0.1) is 13.8 Å². The topological polar surface area (TPSA) is 101 Å². The summed E-state index contributed by atoms with van der Waals surface area (Å²) in [6.07, 6.45) is 1.81. The quantitative estimate of drug-likeness (QED) is 0.635. The van der Waals surface area contributed by atoms with Crippen molar-refractivity contribution < 1.29 is 9.84 Å². The number of hydrogen-bond donors (Lipinski definition) is 3. The van der Waals surface area contributed by atoms with E-state index in [4.69, 9.17) is 4.74 Å². The van der Waals surface area contributed by atoms with Gasteiger partial charge in [0.25, 0.3) is 0 Å². The number of anilines is 2. The number of ether oxygens (including phenoxy) is 1. The number of aromatic nitrogens is 5. The van der Waals surface area contributed by atoms with Crippen LogP contribution in [-0.2, 0) is 6.54 Å². The lowest BCUT2D eigenvalue weighted by Gasteiger charge is -2.18. The van der Waals surface area contributed by atoms with Gasteiger partial charge >= 0.3 is 0 Å². The summed E-state index contributed by atoms with van der Waals surface area (Å²) >= 11 is 0. The zero-order valence-electron chi connectivity index (χ0n) is 15.2. The van der Waals surface area contributed by atoms with Crippen LogP contribution in [0.4, 0.5) is 11.6 Å². The van der Waals surface area contributed by atoms with Crippen LogP contribution < -0.4 is 10.1 Å². The van der Waals surface area contributed by atoms with Crippen LogP contribution in [0.1, 0.15) is 32.2 Å². The number of H-pyrrole nitrogens is 1. The molecular weight excluding hydrogens is 320 g/mol. The molecule has 8 nitrogen and oxygen atoms in total. The second-order valence-corrected chi connectivity index (χ2v) is 6.67. The van der Waals surface area contributed by atoms with E-state index in [0.717, 1.165) is 22.5 Å². The molecule has 0 atom stereocenters. The van der Waals surface area contributed by atoms with Gasteiger partial charge in [-0.3, -0.25) is 4.68 Å². The van der Waals surface area contributed by atoms with Crippen molar-refractivity contribution in [2.75, 3.05) is 11.9 Å². The first-order valence-corrected chi connectivity index (χ1v) is 8.30. The molecule has 25 heavy (non-hydrogen) atoms. The summed E-state index contributed by atoms with van der Waals surface area (Å²) in [6.45, 7) is 10.2. The van der Waals surface area contributed by atoms with Crippen LogP contribution in [0.3, 0.4) is 0 Å². The molecule has 0 aromatic carbocycles. The Morgan fingerprint density at radius 2 is 2.08 bits per heavy atom. The number of nitrogens with zero attached hydrogens (tertiary/aromatic N) is 4. The normalized spacial score (nSPS) is 11.9. The van der Waals surface area contributed by atoms with Gasteiger partial charge in [-0.2, -0.15) is 15.1 Å². The molecule has 3 heterocycles. The van der Waals surface area contributed by atoms with Crippen LogP contribution >= 0.6 is 0 Å². The van der Waals surface area contributed by atoms with E-state index in [-0.39, 0.29) is 0 Å². The Bertz CT molecular complexity index is 891. The molecule has 0 saturated carbocycles. The average Bonchev–Trinajstić information content (AvgIpc) is 3.07. The molecule has 0 fully saturated rings. The third kappa shape index (κ3) is 3.58. The molecule has 0 amide bonds.